The Kier molecular flexibility index (Phi) is 3.21. The van der Waals surface area contributed by atoms with Crippen LogP contribution in [0.25, 0.3) is 0 Å². The SMILES string of the molecule is CC(C1CCC2=C(CC=C2)C1)C1CCC2=C(CC=C2)C1. The standard InChI is InChI=1S/C20H26/c1-14(17-10-8-15-4-2-6-19(15)12-17)18-11-9-16-5-3-7-20(16)13-18/h2-5,14,17-18H,6-13H2,1H3. The molecule has 4 aliphatic carbocycles. The van der Waals surface area contributed by atoms with Crippen molar-refractivity contribution in [3.05, 3.63) is 46.6 Å². The Balaban J connectivity index is 1.43. The summed E-state index contributed by atoms with van der Waals surface area (Å²) in [5.74, 6) is 2.82. The Morgan fingerprint density at radius 2 is 1.35 bits per heavy atom. The molecule has 0 heterocycles. The van der Waals surface area contributed by atoms with Crippen molar-refractivity contribution in [2.75, 3.05) is 0 Å². The third-order valence-electron chi connectivity index (χ3n) is 6.35. The second-order valence-electron chi connectivity index (χ2n) is 7.34. The minimum absolute atomic E-state index is 0.916. The molecule has 0 saturated carbocycles. The van der Waals surface area contributed by atoms with E-state index in [9.17, 15) is 0 Å². The van der Waals surface area contributed by atoms with Gasteiger partial charge in [-0.15, -0.1) is 0 Å². The van der Waals surface area contributed by atoms with Gasteiger partial charge in [-0.25, -0.2) is 0 Å². The molecule has 0 nitrogen and oxygen atoms in total. The molecular formula is C20H26. The van der Waals surface area contributed by atoms with Crippen LogP contribution in [0.2, 0.25) is 0 Å². The highest BCUT2D eigenvalue weighted by Gasteiger charge is 2.32. The van der Waals surface area contributed by atoms with Crippen molar-refractivity contribution in [3.63, 3.8) is 0 Å². The number of hydrogen-bond acceptors (Lipinski definition) is 0. The van der Waals surface area contributed by atoms with Crippen LogP contribution in [0.5, 0.6) is 0 Å². The largest absolute Gasteiger partial charge is 0.0802 e. The smallest absolute Gasteiger partial charge is 0.0130 e. The molecule has 0 radical (unpaired) electrons. The molecule has 0 amide bonds. The van der Waals surface area contributed by atoms with Crippen LogP contribution in [-0.2, 0) is 0 Å². The maximum atomic E-state index is 2.55. The summed E-state index contributed by atoms with van der Waals surface area (Å²) in [5.41, 5.74) is 6.90. The summed E-state index contributed by atoms with van der Waals surface area (Å²) in [6, 6.07) is 0. The maximum absolute atomic E-state index is 2.55. The van der Waals surface area contributed by atoms with Gasteiger partial charge in [0.05, 0.1) is 0 Å². The highest BCUT2D eigenvalue weighted by atomic mass is 14.4. The molecule has 20 heavy (non-hydrogen) atoms. The molecule has 0 N–H and O–H groups in total. The van der Waals surface area contributed by atoms with Crippen molar-refractivity contribution >= 4 is 0 Å². The third-order valence-corrected chi connectivity index (χ3v) is 6.35. The van der Waals surface area contributed by atoms with Gasteiger partial charge in [0, 0.05) is 0 Å². The Morgan fingerprint density at radius 1 is 0.850 bits per heavy atom. The van der Waals surface area contributed by atoms with E-state index < -0.39 is 0 Å². The minimum Gasteiger partial charge on any atom is -0.0802 e. The van der Waals surface area contributed by atoms with Crippen molar-refractivity contribution in [2.24, 2.45) is 17.8 Å². The fraction of sp³-hybridized carbons (Fsp3) is 0.600. The summed E-state index contributed by atoms with van der Waals surface area (Å²) in [7, 11) is 0. The predicted molar refractivity (Wildman–Crippen MR) is 85.4 cm³/mol. The average Bonchev–Trinajstić information content (AvgIpc) is 3.13. The molecule has 0 aliphatic heterocycles. The van der Waals surface area contributed by atoms with E-state index in [-0.39, 0.29) is 0 Å². The zero-order valence-corrected chi connectivity index (χ0v) is 12.7. The zero-order valence-electron chi connectivity index (χ0n) is 12.7. The van der Waals surface area contributed by atoms with Crippen molar-refractivity contribution in [1.29, 1.82) is 0 Å². The van der Waals surface area contributed by atoms with Crippen molar-refractivity contribution in [2.45, 2.75) is 58.3 Å². The molecule has 0 aromatic carbocycles. The van der Waals surface area contributed by atoms with Gasteiger partial charge >= 0.3 is 0 Å². The van der Waals surface area contributed by atoms with E-state index >= 15 is 0 Å². The van der Waals surface area contributed by atoms with Gasteiger partial charge in [0.2, 0.25) is 0 Å². The third kappa shape index (κ3) is 2.14. The fourth-order valence-corrected chi connectivity index (χ4v) is 4.94. The molecule has 0 saturated heterocycles. The van der Waals surface area contributed by atoms with Crippen LogP contribution >= 0.6 is 0 Å². The summed E-state index contributed by atoms with van der Waals surface area (Å²) in [4.78, 5) is 0. The number of rotatable bonds is 2. The van der Waals surface area contributed by atoms with E-state index in [0.717, 1.165) is 17.8 Å². The topological polar surface area (TPSA) is 0 Å². The first kappa shape index (κ1) is 12.7. The average molecular weight is 266 g/mol. The van der Waals surface area contributed by atoms with Gasteiger partial charge in [-0.1, -0.05) is 42.4 Å². The normalized spacial score (nSPS) is 33.6. The van der Waals surface area contributed by atoms with E-state index in [1.54, 1.807) is 22.3 Å². The quantitative estimate of drug-likeness (QED) is 0.598. The Labute approximate surface area is 123 Å². The molecule has 4 aliphatic rings. The summed E-state index contributed by atoms with van der Waals surface area (Å²) in [6.45, 7) is 2.55. The highest BCUT2D eigenvalue weighted by molar-refractivity contribution is 5.37. The van der Waals surface area contributed by atoms with Gasteiger partial charge in [-0.2, -0.15) is 0 Å². The van der Waals surface area contributed by atoms with E-state index in [1.165, 1.54) is 51.4 Å². The van der Waals surface area contributed by atoms with Crippen LogP contribution in [0.15, 0.2) is 46.6 Å². The molecule has 2 atom stereocenters. The summed E-state index contributed by atoms with van der Waals surface area (Å²) >= 11 is 0. The molecule has 0 fully saturated rings. The van der Waals surface area contributed by atoms with E-state index in [1.807, 2.05) is 0 Å². The van der Waals surface area contributed by atoms with E-state index in [4.69, 9.17) is 0 Å². The van der Waals surface area contributed by atoms with Crippen molar-refractivity contribution in [1.82, 2.24) is 0 Å². The van der Waals surface area contributed by atoms with Crippen LogP contribution in [0.3, 0.4) is 0 Å². The van der Waals surface area contributed by atoms with Gasteiger partial charge in [-0.05, 0) is 80.3 Å². The molecule has 0 bridgehead atoms. The monoisotopic (exact) mass is 266 g/mol. The second-order valence-corrected chi connectivity index (χ2v) is 7.34. The van der Waals surface area contributed by atoms with Crippen LogP contribution in [0.4, 0.5) is 0 Å². The van der Waals surface area contributed by atoms with Gasteiger partial charge in [0.15, 0.2) is 0 Å². The molecular weight excluding hydrogens is 240 g/mol. The minimum atomic E-state index is 0.916. The molecule has 4 rings (SSSR count). The number of hydrogen-bond donors (Lipinski definition) is 0. The van der Waals surface area contributed by atoms with Gasteiger partial charge in [0.1, 0.15) is 0 Å². The van der Waals surface area contributed by atoms with E-state index in [2.05, 4.69) is 31.2 Å². The molecule has 2 unspecified atom stereocenters. The first-order valence-corrected chi connectivity index (χ1v) is 8.56. The molecule has 0 spiro atoms. The van der Waals surface area contributed by atoms with Crippen LogP contribution < -0.4 is 0 Å². The van der Waals surface area contributed by atoms with Crippen molar-refractivity contribution in [3.8, 4) is 0 Å². The maximum Gasteiger partial charge on any atom is -0.0130 e. The second kappa shape index (κ2) is 5.06. The number of allylic oxidation sites excluding steroid dienone is 8. The van der Waals surface area contributed by atoms with Crippen LogP contribution in [0.1, 0.15) is 58.3 Å². The van der Waals surface area contributed by atoms with Crippen LogP contribution in [-0.4, -0.2) is 0 Å². The first-order chi connectivity index (χ1) is 9.81. The van der Waals surface area contributed by atoms with Crippen molar-refractivity contribution < 1.29 is 0 Å². The summed E-state index contributed by atoms with van der Waals surface area (Å²) in [6.07, 6.45) is 20.4. The lowest BCUT2D eigenvalue weighted by molar-refractivity contribution is 0.208. The van der Waals surface area contributed by atoms with Crippen LogP contribution in [0, 0.1) is 17.8 Å². The lowest BCUT2D eigenvalue weighted by Crippen LogP contribution is -2.25. The molecule has 106 valence electrons. The zero-order chi connectivity index (χ0) is 13.5. The van der Waals surface area contributed by atoms with E-state index in [0.29, 0.717) is 0 Å². The Bertz CT molecular complexity index is 478. The first-order valence-electron chi connectivity index (χ1n) is 8.56. The highest BCUT2D eigenvalue weighted by Crippen LogP contribution is 2.45. The summed E-state index contributed by atoms with van der Waals surface area (Å²) < 4.78 is 0. The molecule has 0 aromatic rings. The predicted octanol–water partition coefficient (Wildman–Crippen LogP) is 5.74. The van der Waals surface area contributed by atoms with Gasteiger partial charge in [0.25, 0.3) is 0 Å². The Morgan fingerprint density at radius 3 is 1.85 bits per heavy atom. The molecule has 0 aromatic heterocycles. The summed E-state index contributed by atoms with van der Waals surface area (Å²) in [5, 5.41) is 0. The Hall–Kier alpha value is -1.04. The van der Waals surface area contributed by atoms with Gasteiger partial charge in [-0.3, -0.25) is 0 Å². The molecule has 0 heteroatoms. The lowest BCUT2D eigenvalue weighted by atomic mass is 9.69. The fourth-order valence-electron chi connectivity index (χ4n) is 4.94. The lowest BCUT2D eigenvalue weighted by Gasteiger charge is -2.36. The van der Waals surface area contributed by atoms with Gasteiger partial charge < -0.3 is 0 Å².